The summed E-state index contributed by atoms with van der Waals surface area (Å²) in [6.07, 6.45) is 0. The van der Waals surface area contributed by atoms with Crippen LogP contribution in [0, 0.1) is 0 Å². The molecule has 0 radical (unpaired) electrons. The Hall–Kier alpha value is -3.18. The number of carbonyl (C=O) groups is 1. The van der Waals surface area contributed by atoms with E-state index in [1.807, 2.05) is 6.92 Å². The molecule has 172 valence electrons. The topological polar surface area (TPSA) is 118 Å². The van der Waals surface area contributed by atoms with Gasteiger partial charge in [-0.2, -0.15) is 4.31 Å². The lowest BCUT2D eigenvalue weighted by atomic mass is 10.3. The van der Waals surface area contributed by atoms with E-state index in [0.717, 1.165) is 5.75 Å². The zero-order chi connectivity index (χ0) is 23.1. The first-order valence-corrected chi connectivity index (χ1v) is 11.9. The van der Waals surface area contributed by atoms with Crippen LogP contribution >= 0.6 is 0 Å². The van der Waals surface area contributed by atoms with Crippen LogP contribution in [0.15, 0.2) is 47.4 Å². The van der Waals surface area contributed by atoms with Gasteiger partial charge in [0.15, 0.2) is 0 Å². The summed E-state index contributed by atoms with van der Waals surface area (Å²) >= 11 is 0. The van der Waals surface area contributed by atoms with E-state index in [1.165, 1.54) is 10.4 Å². The standard InChI is InChI=1S/C21H28N6O4S/c1-4-26(5-2)32(29,30)18-11-12-20-19(15-18)24-25-27(20)14-13-22-21(28)23-16-7-9-17(10-8-16)31-6-3/h7-12,15H,4-6,13-14H2,1-3H3,(H2,22,23,28). The molecule has 0 unspecified atom stereocenters. The number of benzene rings is 2. The van der Waals surface area contributed by atoms with Crippen LogP contribution in [0.25, 0.3) is 11.0 Å². The minimum Gasteiger partial charge on any atom is -0.494 e. The van der Waals surface area contributed by atoms with Crippen molar-refractivity contribution in [2.45, 2.75) is 32.2 Å². The van der Waals surface area contributed by atoms with E-state index in [9.17, 15) is 13.2 Å². The monoisotopic (exact) mass is 460 g/mol. The number of ether oxygens (including phenoxy) is 1. The lowest BCUT2D eigenvalue weighted by Gasteiger charge is -2.18. The van der Waals surface area contributed by atoms with Gasteiger partial charge < -0.3 is 15.4 Å². The van der Waals surface area contributed by atoms with Crippen molar-refractivity contribution in [3.05, 3.63) is 42.5 Å². The molecule has 2 N–H and O–H groups in total. The number of hydrogen-bond acceptors (Lipinski definition) is 6. The van der Waals surface area contributed by atoms with Crippen LogP contribution in [0.4, 0.5) is 10.5 Å². The number of fused-ring (bicyclic) bond motifs is 1. The van der Waals surface area contributed by atoms with Crippen molar-refractivity contribution in [2.24, 2.45) is 0 Å². The van der Waals surface area contributed by atoms with Gasteiger partial charge >= 0.3 is 6.03 Å². The first kappa shape index (κ1) is 23.5. The van der Waals surface area contributed by atoms with Crippen LogP contribution in [0.2, 0.25) is 0 Å². The number of rotatable bonds is 10. The Morgan fingerprint density at radius 1 is 1.09 bits per heavy atom. The van der Waals surface area contributed by atoms with Crippen LogP contribution < -0.4 is 15.4 Å². The highest BCUT2D eigenvalue weighted by molar-refractivity contribution is 7.89. The van der Waals surface area contributed by atoms with Crippen LogP contribution in [-0.4, -0.2) is 60.0 Å². The fraction of sp³-hybridized carbons (Fsp3) is 0.381. The fourth-order valence-corrected chi connectivity index (χ4v) is 4.72. The molecule has 0 saturated heterocycles. The average molecular weight is 461 g/mol. The van der Waals surface area contributed by atoms with Gasteiger partial charge in [-0.1, -0.05) is 19.1 Å². The number of anilines is 1. The van der Waals surface area contributed by atoms with E-state index < -0.39 is 10.0 Å². The van der Waals surface area contributed by atoms with Crippen molar-refractivity contribution in [3.8, 4) is 5.75 Å². The maximum atomic E-state index is 12.7. The minimum absolute atomic E-state index is 0.189. The largest absolute Gasteiger partial charge is 0.494 e. The number of hydrogen-bond donors (Lipinski definition) is 2. The van der Waals surface area contributed by atoms with Gasteiger partial charge in [0.05, 0.1) is 23.6 Å². The smallest absolute Gasteiger partial charge is 0.319 e. The Labute approximate surface area is 187 Å². The van der Waals surface area contributed by atoms with Gasteiger partial charge in [0.1, 0.15) is 11.3 Å². The fourth-order valence-electron chi connectivity index (χ4n) is 3.24. The number of urea groups is 1. The molecule has 10 nitrogen and oxygen atoms in total. The van der Waals surface area contributed by atoms with Gasteiger partial charge in [0.2, 0.25) is 10.0 Å². The number of nitrogens with zero attached hydrogens (tertiary/aromatic N) is 4. The second kappa shape index (κ2) is 10.4. The maximum Gasteiger partial charge on any atom is 0.319 e. The highest BCUT2D eigenvalue weighted by Crippen LogP contribution is 2.20. The summed E-state index contributed by atoms with van der Waals surface area (Å²) < 4.78 is 33.8. The Kier molecular flexibility index (Phi) is 7.65. The molecule has 0 aliphatic carbocycles. The van der Waals surface area contributed by atoms with Gasteiger partial charge in [-0.25, -0.2) is 17.9 Å². The molecule has 3 aromatic rings. The highest BCUT2D eigenvalue weighted by Gasteiger charge is 2.22. The summed E-state index contributed by atoms with van der Waals surface area (Å²) in [5.74, 6) is 0.740. The third-order valence-corrected chi connectivity index (χ3v) is 6.91. The molecule has 3 rings (SSSR count). The predicted octanol–water partition coefficient (Wildman–Crippen LogP) is 2.68. The second-order valence-electron chi connectivity index (χ2n) is 6.89. The first-order valence-electron chi connectivity index (χ1n) is 10.5. The molecule has 1 heterocycles. The van der Waals surface area contributed by atoms with Gasteiger partial charge in [0.25, 0.3) is 0 Å². The minimum atomic E-state index is -3.56. The Morgan fingerprint density at radius 3 is 2.47 bits per heavy atom. The zero-order valence-electron chi connectivity index (χ0n) is 18.4. The number of amides is 2. The third kappa shape index (κ3) is 5.35. The van der Waals surface area contributed by atoms with E-state index >= 15 is 0 Å². The molecule has 0 atom stereocenters. The van der Waals surface area contributed by atoms with Gasteiger partial charge in [0, 0.05) is 25.3 Å². The van der Waals surface area contributed by atoms with E-state index in [4.69, 9.17) is 4.74 Å². The number of carbonyl (C=O) groups excluding carboxylic acids is 1. The quantitative estimate of drug-likeness (QED) is 0.480. The van der Waals surface area contributed by atoms with Crippen molar-refractivity contribution in [1.82, 2.24) is 24.6 Å². The number of nitrogens with one attached hydrogen (secondary N) is 2. The number of sulfonamides is 1. The van der Waals surface area contributed by atoms with Crippen molar-refractivity contribution in [1.29, 1.82) is 0 Å². The number of aromatic nitrogens is 3. The zero-order valence-corrected chi connectivity index (χ0v) is 19.2. The second-order valence-corrected chi connectivity index (χ2v) is 8.83. The molecule has 2 aromatic carbocycles. The summed E-state index contributed by atoms with van der Waals surface area (Å²) in [5, 5.41) is 13.7. The van der Waals surface area contributed by atoms with Crippen LogP contribution in [0.1, 0.15) is 20.8 Å². The van der Waals surface area contributed by atoms with E-state index in [2.05, 4.69) is 20.9 Å². The van der Waals surface area contributed by atoms with E-state index in [-0.39, 0.29) is 10.9 Å². The van der Waals surface area contributed by atoms with Crippen molar-refractivity contribution < 1.29 is 17.9 Å². The lowest BCUT2D eigenvalue weighted by Crippen LogP contribution is -2.31. The van der Waals surface area contributed by atoms with Crippen LogP contribution in [-0.2, 0) is 16.6 Å². The summed E-state index contributed by atoms with van der Waals surface area (Å²) in [6.45, 7) is 7.59. The molecule has 0 aliphatic rings. The average Bonchev–Trinajstić information content (AvgIpc) is 3.18. The third-order valence-electron chi connectivity index (χ3n) is 4.86. The molecule has 0 aliphatic heterocycles. The molecule has 0 spiro atoms. The normalized spacial score (nSPS) is 11.6. The molecule has 1 aromatic heterocycles. The van der Waals surface area contributed by atoms with Gasteiger partial charge in [-0.15, -0.1) is 5.10 Å². The highest BCUT2D eigenvalue weighted by atomic mass is 32.2. The molecule has 0 bridgehead atoms. The summed E-state index contributed by atoms with van der Waals surface area (Å²) in [6, 6.07) is 11.5. The van der Waals surface area contributed by atoms with E-state index in [0.29, 0.717) is 49.5 Å². The molecular formula is C21H28N6O4S. The van der Waals surface area contributed by atoms with Gasteiger partial charge in [-0.3, -0.25) is 0 Å². The Morgan fingerprint density at radius 2 is 1.81 bits per heavy atom. The lowest BCUT2D eigenvalue weighted by molar-refractivity contribution is 0.251. The molecule has 2 amide bonds. The molecule has 0 saturated carbocycles. The summed E-state index contributed by atoms with van der Waals surface area (Å²) in [5.41, 5.74) is 1.83. The SMILES string of the molecule is CCOc1ccc(NC(=O)NCCn2nnc3cc(S(=O)(=O)N(CC)CC)ccc32)cc1. The van der Waals surface area contributed by atoms with E-state index in [1.54, 1.807) is 54.9 Å². The molecular weight excluding hydrogens is 432 g/mol. The molecule has 0 fully saturated rings. The van der Waals surface area contributed by atoms with Crippen LogP contribution in [0.3, 0.4) is 0 Å². The predicted molar refractivity (Wildman–Crippen MR) is 122 cm³/mol. The maximum absolute atomic E-state index is 12.7. The Balaban J connectivity index is 1.59. The van der Waals surface area contributed by atoms with Crippen LogP contribution in [0.5, 0.6) is 5.75 Å². The van der Waals surface area contributed by atoms with Crippen molar-refractivity contribution in [2.75, 3.05) is 31.6 Å². The summed E-state index contributed by atoms with van der Waals surface area (Å²) in [7, 11) is -3.56. The molecule has 11 heteroatoms. The first-order chi connectivity index (χ1) is 15.4. The summed E-state index contributed by atoms with van der Waals surface area (Å²) in [4.78, 5) is 12.3. The van der Waals surface area contributed by atoms with Crippen molar-refractivity contribution >= 4 is 32.8 Å². The van der Waals surface area contributed by atoms with Crippen molar-refractivity contribution in [3.63, 3.8) is 0 Å². The van der Waals surface area contributed by atoms with Gasteiger partial charge in [-0.05, 0) is 49.4 Å². The molecule has 32 heavy (non-hydrogen) atoms. The Bertz CT molecular complexity index is 1160.